The highest BCUT2D eigenvalue weighted by Gasteiger charge is 2.44. The van der Waals surface area contributed by atoms with Crippen LogP contribution in [0.2, 0.25) is 0 Å². The van der Waals surface area contributed by atoms with Crippen LogP contribution in [-0.4, -0.2) is 18.3 Å². The Kier molecular flexibility index (Phi) is 11.2. The first kappa shape index (κ1) is 53.2. The van der Waals surface area contributed by atoms with Crippen molar-refractivity contribution < 1.29 is 8.78 Å². The standard InChI is InChI=1S/C84H56F2N4S2/c1-83(2,89-65-37-15-5-27-53(65)54-28-6-16-38-66(54)89)77-73(49-23-21-25-51(85)47-49)79(87-63-35-13-9-33-61(63)75-69(87)45-43-59-57-31-11-19-41-71(57)91-81(59)75)78(84(3,4)90-67-39-17-7-29-55(67)56-30-8-18-40-68(56)90)80(74(77)50-24-22-26-52(86)48-50)88-64-36-14-10-34-62(64)76-70(88)46-44-60-58-32-12-20-42-72(58)92-82(60)76/h5-48H,1-4H3. The molecule has 438 valence electrons. The van der Waals surface area contributed by atoms with Crippen LogP contribution in [0.4, 0.5) is 8.78 Å². The molecule has 0 unspecified atom stereocenters. The van der Waals surface area contributed by atoms with E-state index >= 15 is 8.78 Å². The van der Waals surface area contributed by atoms with Gasteiger partial charge in [-0.2, -0.15) is 0 Å². The zero-order valence-electron chi connectivity index (χ0n) is 50.8. The maximum absolute atomic E-state index is 17.4. The maximum Gasteiger partial charge on any atom is 0.123 e. The molecule has 4 nitrogen and oxygen atoms in total. The zero-order valence-corrected chi connectivity index (χ0v) is 52.4. The first-order valence-electron chi connectivity index (χ1n) is 31.5. The van der Waals surface area contributed by atoms with E-state index in [1.54, 1.807) is 24.3 Å². The van der Waals surface area contributed by atoms with E-state index < -0.39 is 11.1 Å². The van der Waals surface area contributed by atoms with E-state index in [2.05, 4.69) is 276 Å². The number of halogens is 2. The lowest BCUT2D eigenvalue weighted by Gasteiger charge is -2.41. The Hall–Kier alpha value is -10.6. The lowest BCUT2D eigenvalue weighted by Crippen LogP contribution is -2.35. The molecule has 0 spiro atoms. The Morgan fingerprint density at radius 2 is 0.609 bits per heavy atom. The molecule has 92 heavy (non-hydrogen) atoms. The Morgan fingerprint density at radius 1 is 0.283 bits per heavy atom. The van der Waals surface area contributed by atoms with Crippen LogP contribution in [0.25, 0.3) is 161 Å². The molecule has 0 aliphatic carbocycles. The van der Waals surface area contributed by atoms with E-state index in [0.717, 1.165) is 121 Å². The summed E-state index contributed by atoms with van der Waals surface area (Å²) in [5.74, 6) is -0.727. The predicted molar refractivity (Wildman–Crippen MR) is 387 cm³/mol. The second-order valence-corrected chi connectivity index (χ2v) is 27.8. The molecule has 0 atom stereocenters. The molecule has 0 amide bonds. The Balaban J connectivity index is 1.15. The van der Waals surface area contributed by atoms with Crippen molar-refractivity contribution >= 4 is 150 Å². The topological polar surface area (TPSA) is 19.7 Å². The van der Waals surface area contributed by atoms with Crippen molar-refractivity contribution in [3.63, 3.8) is 0 Å². The number of thiophene rings is 2. The van der Waals surface area contributed by atoms with Crippen molar-refractivity contribution in [1.29, 1.82) is 0 Å². The molecule has 0 aliphatic heterocycles. The molecule has 0 radical (unpaired) electrons. The SMILES string of the molecule is CC(C)(c1c(-c2cccc(F)c2)c(-n2c3ccccc3c3c4sc5ccccc5c4ccc32)c(C(C)(C)n2c3ccccc3c3ccccc32)c(-n2c3ccccc3c3c4sc5ccccc5c4ccc32)c1-c1cccc(F)c1)n1c2ccccc2c2ccccc21. The minimum absolute atomic E-state index is 0.363. The molecule has 6 heterocycles. The van der Waals surface area contributed by atoms with Gasteiger partial charge in [-0.15, -0.1) is 22.7 Å². The van der Waals surface area contributed by atoms with E-state index in [1.165, 1.54) is 40.3 Å². The van der Waals surface area contributed by atoms with Gasteiger partial charge in [0.15, 0.2) is 0 Å². The van der Waals surface area contributed by atoms with Crippen molar-refractivity contribution in [2.24, 2.45) is 0 Å². The number of aromatic nitrogens is 4. The summed E-state index contributed by atoms with van der Waals surface area (Å²) in [6, 6.07) is 94.0. The summed E-state index contributed by atoms with van der Waals surface area (Å²) in [7, 11) is 0. The Morgan fingerprint density at radius 3 is 0.989 bits per heavy atom. The van der Waals surface area contributed by atoms with Gasteiger partial charge >= 0.3 is 0 Å². The number of hydrogen-bond acceptors (Lipinski definition) is 2. The molecule has 0 fully saturated rings. The van der Waals surface area contributed by atoms with Crippen LogP contribution in [0.1, 0.15) is 38.8 Å². The summed E-state index contributed by atoms with van der Waals surface area (Å²) in [6.07, 6.45) is 0. The Bertz CT molecular complexity index is 6010. The van der Waals surface area contributed by atoms with Crippen molar-refractivity contribution in [3.05, 3.63) is 290 Å². The van der Waals surface area contributed by atoms with Gasteiger partial charge in [0.05, 0.1) is 44.5 Å². The summed E-state index contributed by atoms with van der Waals surface area (Å²) in [5, 5.41) is 13.8. The third kappa shape index (κ3) is 7.24. The largest absolute Gasteiger partial charge is 0.331 e. The van der Waals surface area contributed by atoms with Gasteiger partial charge in [0.2, 0.25) is 0 Å². The van der Waals surface area contributed by atoms with Gasteiger partial charge in [-0.1, -0.05) is 182 Å². The van der Waals surface area contributed by atoms with Crippen molar-refractivity contribution in [2.45, 2.75) is 38.8 Å². The molecule has 8 heteroatoms. The van der Waals surface area contributed by atoms with E-state index in [9.17, 15) is 0 Å². The van der Waals surface area contributed by atoms with E-state index in [4.69, 9.17) is 0 Å². The fraction of sp³-hybridized carbons (Fsp3) is 0.0714. The molecule has 0 saturated carbocycles. The molecular weight excluding hydrogens is 1170 g/mol. The lowest BCUT2D eigenvalue weighted by molar-refractivity contribution is 0.455. The predicted octanol–water partition coefficient (Wildman–Crippen LogP) is 24.0. The smallest absolute Gasteiger partial charge is 0.123 e. The lowest BCUT2D eigenvalue weighted by atomic mass is 9.74. The molecule has 0 N–H and O–H groups in total. The van der Waals surface area contributed by atoms with E-state index in [-0.39, 0.29) is 11.6 Å². The number of benzene rings is 13. The van der Waals surface area contributed by atoms with Crippen LogP contribution < -0.4 is 0 Å². The molecular formula is C84H56F2N4S2. The molecule has 0 bridgehead atoms. The highest BCUT2D eigenvalue weighted by molar-refractivity contribution is 7.27. The first-order valence-corrected chi connectivity index (χ1v) is 33.1. The highest BCUT2D eigenvalue weighted by Crippen LogP contribution is 2.58. The Labute approximate surface area is 535 Å². The number of hydrogen-bond donors (Lipinski definition) is 0. The van der Waals surface area contributed by atoms with Gasteiger partial charge in [0.1, 0.15) is 11.6 Å². The summed E-state index contributed by atoms with van der Waals surface area (Å²) in [6.45, 7) is 9.43. The van der Waals surface area contributed by atoms with Crippen LogP contribution in [-0.2, 0) is 11.1 Å². The van der Waals surface area contributed by atoms with Crippen LogP contribution in [0.3, 0.4) is 0 Å². The monoisotopic (exact) mass is 1220 g/mol. The average molecular weight is 1220 g/mol. The first-order chi connectivity index (χ1) is 45.0. The second kappa shape index (κ2) is 19.4. The van der Waals surface area contributed by atoms with Gasteiger partial charge in [-0.3, -0.25) is 0 Å². The third-order valence-corrected chi connectivity index (χ3v) is 22.4. The third-order valence-electron chi connectivity index (χ3n) is 20.0. The number of para-hydroxylation sites is 6. The quantitative estimate of drug-likeness (QED) is 0.144. The molecule has 19 rings (SSSR count). The zero-order chi connectivity index (χ0) is 61.5. The van der Waals surface area contributed by atoms with Gasteiger partial charge < -0.3 is 18.3 Å². The highest BCUT2D eigenvalue weighted by atomic mass is 32.1. The number of nitrogens with zero attached hydrogens (tertiary/aromatic N) is 4. The van der Waals surface area contributed by atoms with Crippen LogP contribution >= 0.6 is 22.7 Å². The number of rotatable bonds is 8. The van der Waals surface area contributed by atoms with Crippen molar-refractivity contribution in [3.8, 4) is 33.6 Å². The maximum atomic E-state index is 17.4. The summed E-state index contributed by atoms with van der Waals surface area (Å²) < 4.78 is 49.8. The summed E-state index contributed by atoms with van der Waals surface area (Å²) in [5.41, 5.74) is 12.8. The normalized spacial score (nSPS) is 12.7. The minimum atomic E-state index is -1.04. The van der Waals surface area contributed by atoms with Gasteiger partial charge in [0, 0.05) is 122 Å². The summed E-state index contributed by atoms with van der Waals surface area (Å²) >= 11 is 3.67. The second-order valence-electron chi connectivity index (χ2n) is 25.6. The van der Waals surface area contributed by atoms with Gasteiger partial charge in [-0.05, 0) is 129 Å². The van der Waals surface area contributed by atoms with Crippen molar-refractivity contribution in [1.82, 2.24) is 18.3 Å². The van der Waals surface area contributed by atoms with Crippen LogP contribution in [0.5, 0.6) is 0 Å². The minimum Gasteiger partial charge on any atom is -0.331 e. The number of fused-ring (bicyclic) bond motifs is 20. The van der Waals surface area contributed by atoms with Gasteiger partial charge in [-0.25, -0.2) is 8.78 Å². The van der Waals surface area contributed by atoms with E-state index in [1.807, 2.05) is 34.8 Å². The average Bonchev–Trinajstić information content (AvgIpc) is 1.39. The molecule has 6 aromatic heterocycles. The summed E-state index contributed by atoms with van der Waals surface area (Å²) in [4.78, 5) is 0. The van der Waals surface area contributed by atoms with Crippen LogP contribution in [0, 0.1) is 11.6 Å². The van der Waals surface area contributed by atoms with Gasteiger partial charge in [0.25, 0.3) is 0 Å². The fourth-order valence-electron chi connectivity index (χ4n) is 16.4. The molecule has 19 aromatic rings. The molecule has 0 aliphatic rings. The van der Waals surface area contributed by atoms with Crippen molar-refractivity contribution in [2.75, 3.05) is 0 Å². The molecule has 13 aromatic carbocycles. The fourth-order valence-corrected chi connectivity index (χ4v) is 19.0. The van der Waals surface area contributed by atoms with Crippen LogP contribution in [0.15, 0.2) is 267 Å². The van der Waals surface area contributed by atoms with E-state index in [0.29, 0.717) is 11.1 Å². The molecule has 0 saturated heterocycles.